The van der Waals surface area contributed by atoms with Crippen molar-refractivity contribution in [3.8, 4) is 5.75 Å². The molecule has 0 saturated heterocycles. The molecule has 160 valence electrons. The molecular formula is C25H25ClN2O3. The quantitative estimate of drug-likeness (QED) is 0.481. The lowest BCUT2D eigenvalue weighted by molar-refractivity contribution is -0.116. The molecule has 3 aromatic carbocycles. The Balaban J connectivity index is 1.77. The van der Waals surface area contributed by atoms with Crippen LogP contribution in [0.5, 0.6) is 5.75 Å². The standard InChI is InChI=1S/C25H25ClN2O3/c1-17(2)31-23-15-9-8-14-21(23)27-24(29)16-22(18-10-4-3-5-11-18)28-25(30)19-12-6-7-13-20(19)26/h3-15,17,22H,16H2,1-2H3,(H,27,29)(H,28,30). The number of rotatable bonds is 8. The lowest BCUT2D eigenvalue weighted by Crippen LogP contribution is -2.31. The Hall–Kier alpha value is -3.31. The molecule has 1 atom stereocenters. The minimum Gasteiger partial charge on any atom is -0.489 e. The molecule has 0 aliphatic carbocycles. The SMILES string of the molecule is CC(C)Oc1ccccc1NC(=O)CC(NC(=O)c1ccccc1Cl)c1ccccc1. The highest BCUT2D eigenvalue weighted by molar-refractivity contribution is 6.33. The molecular weight excluding hydrogens is 412 g/mol. The Morgan fingerprint density at radius 2 is 1.55 bits per heavy atom. The van der Waals surface area contributed by atoms with Crippen molar-refractivity contribution in [1.82, 2.24) is 5.32 Å². The van der Waals surface area contributed by atoms with Crippen LogP contribution in [0.15, 0.2) is 78.9 Å². The summed E-state index contributed by atoms with van der Waals surface area (Å²) in [5.74, 6) is 0.0196. The molecule has 5 nitrogen and oxygen atoms in total. The first kappa shape index (κ1) is 22.4. The maximum atomic E-state index is 12.9. The van der Waals surface area contributed by atoms with Gasteiger partial charge in [-0.05, 0) is 43.7 Å². The second-order valence-electron chi connectivity index (χ2n) is 7.33. The van der Waals surface area contributed by atoms with Gasteiger partial charge in [-0.15, -0.1) is 0 Å². The number of nitrogens with one attached hydrogen (secondary N) is 2. The molecule has 6 heteroatoms. The van der Waals surface area contributed by atoms with Crippen LogP contribution in [-0.4, -0.2) is 17.9 Å². The van der Waals surface area contributed by atoms with Crippen molar-refractivity contribution < 1.29 is 14.3 Å². The fourth-order valence-corrected chi connectivity index (χ4v) is 3.35. The van der Waals surface area contributed by atoms with Gasteiger partial charge >= 0.3 is 0 Å². The molecule has 0 aliphatic heterocycles. The molecule has 0 radical (unpaired) electrons. The number of carbonyl (C=O) groups is 2. The van der Waals surface area contributed by atoms with Crippen LogP contribution in [-0.2, 0) is 4.79 Å². The molecule has 0 spiro atoms. The van der Waals surface area contributed by atoms with Crippen LogP contribution in [0, 0.1) is 0 Å². The summed E-state index contributed by atoms with van der Waals surface area (Å²) in [4.78, 5) is 25.7. The van der Waals surface area contributed by atoms with E-state index in [4.69, 9.17) is 16.3 Å². The zero-order valence-electron chi connectivity index (χ0n) is 17.5. The molecule has 2 amide bonds. The molecule has 0 heterocycles. The molecule has 0 fully saturated rings. The van der Waals surface area contributed by atoms with Gasteiger partial charge < -0.3 is 15.4 Å². The second-order valence-corrected chi connectivity index (χ2v) is 7.74. The molecule has 0 bridgehead atoms. The number of hydrogen-bond acceptors (Lipinski definition) is 3. The molecule has 31 heavy (non-hydrogen) atoms. The van der Waals surface area contributed by atoms with E-state index in [2.05, 4.69) is 10.6 Å². The summed E-state index contributed by atoms with van der Waals surface area (Å²) in [6, 6.07) is 22.9. The minimum atomic E-state index is -0.525. The maximum absolute atomic E-state index is 12.9. The van der Waals surface area contributed by atoms with Gasteiger partial charge in [0.2, 0.25) is 5.91 Å². The number of benzene rings is 3. The van der Waals surface area contributed by atoms with Crippen LogP contribution >= 0.6 is 11.6 Å². The van der Waals surface area contributed by atoms with E-state index in [1.165, 1.54) is 0 Å². The topological polar surface area (TPSA) is 67.4 Å². The van der Waals surface area contributed by atoms with Crippen LogP contribution in [0.25, 0.3) is 0 Å². The molecule has 0 aromatic heterocycles. The average Bonchev–Trinajstić information content (AvgIpc) is 2.75. The largest absolute Gasteiger partial charge is 0.489 e. The van der Waals surface area contributed by atoms with E-state index >= 15 is 0 Å². The molecule has 3 aromatic rings. The number of hydrogen-bond donors (Lipinski definition) is 2. The number of para-hydroxylation sites is 2. The highest BCUT2D eigenvalue weighted by Crippen LogP contribution is 2.26. The highest BCUT2D eigenvalue weighted by Gasteiger charge is 2.21. The lowest BCUT2D eigenvalue weighted by Gasteiger charge is -2.20. The van der Waals surface area contributed by atoms with Crippen molar-refractivity contribution in [2.75, 3.05) is 5.32 Å². The smallest absolute Gasteiger partial charge is 0.253 e. The summed E-state index contributed by atoms with van der Waals surface area (Å²) in [6.45, 7) is 3.85. The van der Waals surface area contributed by atoms with Crippen LogP contribution in [0.4, 0.5) is 5.69 Å². The first-order valence-electron chi connectivity index (χ1n) is 10.1. The van der Waals surface area contributed by atoms with Crippen LogP contribution in [0.3, 0.4) is 0 Å². The zero-order valence-corrected chi connectivity index (χ0v) is 18.2. The summed E-state index contributed by atoms with van der Waals surface area (Å²) >= 11 is 6.17. The first-order chi connectivity index (χ1) is 14.9. The normalized spacial score (nSPS) is 11.6. The predicted octanol–water partition coefficient (Wildman–Crippen LogP) is 5.63. The summed E-state index contributed by atoms with van der Waals surface area (Å²) in [5, 5.41) is 6.20. The Labute approximate surface area is 187 Å². The second kappa shape index (κ2) is 10.6. The molecule has 3 rings (SSSR count). The van der Waals surface area contributed by atoms with Crippen LogP contribution in [0.2, 0.25) is 5.02 Å². The van der Waals surface area contributed by atoms with Crippen molar-refractivity contribution in [3.05, 3.63) is 95.0 Å². The Morgan fingerprint density at radius 3 is 2.26 bits per heavy atom. The van der Waals surface area contributed by atoms with Crippen molar-refractivity contribution >= 4 is 29.1 Å². The number of amides is 2. The van der Waals surface area contributed by atoms with E-state index in [1.54, 1.807) is 30.3 Å². The Bertz CT molecular complexity index is 1040. The van der Waals surface area contributed by atoms with Crippen LogP contribution in [0.1, 0.15) is 42.2 Å². The van der Waals surface area contributed by atoms with Gasteiger partial charge in [0, 0.05) is 0 Å². The number of halogens is 1. The van der Waals surface area contributed by atoms with E-state index in [0.29, 0.717) is 22.0 Å². The van der Waals surface area contributed by atoms with Gasteiger partial charge in [0.25, 0.3) is 5.91 Å². The fraction of sp³-hybridized carbons (Fsp3) is 0.200. The van der Waals surface area contributed by atoms with Crippen molar-refractivity contribution in [3.63, 3.8) is 0 Å². The van der Waals surface area contributed by atoms with Gasteiger partial charge in [0.15, 0.2) is 0 Å². The number of ether oxygens (including phenoxy) is 1. The summed E-state index contributed by atoms with van der Waals surface area (Å²) in [6.07, 6.45) is 0.0287. The Kier molecular flexibility index (Phi) is 7.68. The van der Waals surface area contributed by atoms with Gasteiger partial charge in [0.1, 0.15) is 5.75 Å². The fourth-order valence-electron chi connectivity index (χ4n) is 3.13. The number of anilines is 1. The van der Waals surface area contributed by atoms with Crippen molar-refractivity contribution in [2.24, 2.45) is 0 Å². The average molecular weight is 437 g/mol. The van der Waals surface area contributed by atoms with E-state index in [9.17, 15) is 9.59 Å². The minimum absolute atomic E-state index is 0.0231. The Morgan fingerprint density at radius 1 is 0.903 bits per heavy atom. The van der Waals surface area contributed by atoms with Crippen LogP contribution < -0.4 is 15.4 Å². The summed E-state index contributed by atoms with van der Waals surface area (Å²) < 4.78 is 5.77. The highest BCUT2D eigenvalue weighted by atomic mass is 35.5. The third-order valence-electron chi connectivity index (χ3n) is 4.54. The molecule has 0 aliphatic rings. The van der Waals surface area contributed by atoms with Gasteiger partial charge in [-0.1, -0.05) is 66.2 Å². The summed E-state index contributed by atoms with van der Waals surface area (Å²) in [5.41, 5.74) is 1.77. The van der Waals surface area contributed by atoms with E-state index < -0.39 is 6.04 Å². The third-order valence-corrected chi connectivity index (χ3v) is 4.87. The van der Waals surface area contributed by atoms with E-state index in [-0.39, 0.29) is 24.3 Å². The monoisotopic (exact) mass is 436 g/mol. The lowest BCUT2D eigenvalue weighted by atomic mass is 10.0. The van der Waals surface area contributed by atoms with Gasteiger partial charge in [-0.2, -0.15) is 0 Å². The first-order valence-corrected chi connectivity index (χ1v) is 10.5. The van der Waals surface area contributed by atoms with Gasteiger partial charge in [-0.25, -0.2) is 0 Å². The van der Waals surface area contributed by atoms with Gasteiger partial charge in [0.05, 0.1) is 34.8 Å². The molecule has 0 saturated carbocycles. The van der Waals surface area contributed by atoms with E-state index in [0.717, 1.165) is 5.56 Å². The molecule has 2 N–H and O–H groups in total. The third kappa shape index (κ3) is 6.33. The zero-order chi connectivity index (χ0) is 22.2. The van der Waals surface area contributed by atoms with Crippen molar-refractivity contribution in [1.29, 1.82) is 0 Å². The predicted molar refractivity (Wildman–Crippen MR) is 124 cm³/mol. The number of carbonyl (C=O) groups excluding carboxylic acids is 2. The summed E-state index contributed by atoms with van der Waals surface area (Å²) in [7, 11) is 0. The molecule has 1 unspecified atom stereocenters. The van der Waals surface area contributed by atoms with E-state index in [1.807, 2.05) is 62.4 Å². The van der Waals surface area contributed by atoms with Gasteiger partial charge in [-0.3, -0.25) is 9.59 Å². The maximum Gasteiger partial charge on any atom is 0.253 e. The van der Waals surface area contributed by atoms with Crippen molar-refractivity contribution in [2.45, 2.75) is 32.4 Å².